The maximum Gasteiger partial charge on any atom is 0.220 e. The van der Waals surface area contributed by atoms with E-state index in [1.165, 1.54) is 0 Å². The average Bonchev–Trinajstić information content (AvgIpc) is 3.14. The van der Waals surface area contributed by atoms with E-state index in [9.17, 15) is 0 Å². The summed E-state index contributed by atoms with van der Waals surface area (Å²) in [6.07, 6.45) is 1.88. The van der Waals surface area contributed by atoms with Crippen LogP contribution < -0.4 is 4.57 Å². The molecule has 3 aromatic carbocycles. The zero-order valence-electron chi connectivity index (χ0n) is 23.2. The van der Waals surface area contributed by atoms with E-state index in [-0.39, 0.29) is 16.7 Å². The van der Waals surface area contributed by atoms with Gasteiger partial charge in [-0.1, -0.05) is 35.9 Å². The van der Waals surface area contributed by atoms with Gasteiger partial charge in [0.25, 0.3) is 0 Å². The van der Waals surface area contributed by atoms with Crippen molar-refractivity contribution in [2.75, 3.05) is 0 Å². The van der Waals surface area contributed by atoms with Crippen LogP contribution in [0.5, 0.6) is 0 Å². The highest BCUT2D eigenvalue weighted by molar-refractivity contribution is 6.07. The van der Waals surface area contributed by atoms with Crippen molar-refractivity contribution < 1.29 is 17.2 Å². The Labute approximate surface area is 185 Å². The molecule has 0 amide bonds. The van der Waals surface area contributed by atoms with Crippen LogP contribution in [0.1, 0.15) is 30.5 Å². The Morgan fingerprint density at radius 1 is 0.767 bits per heavy atom. The number of pyridine rings is 1. The van der Waals surface area contributed by atoms with Gasteiger partial charge in [0.1, 0.15) is 18.2 Å². The van der Waals surface area contributed by atoms with Crippen molar-refractivity contribution in [3.05, 3.63) is 89.1 Å². The minimum Gasteiger partial charge on any atom is -0.456 e. The van der Waals surface area contributed by atoms with Gasteiger partial charge >= 0.3 is 0 Å². The summed E-state index contributed by atoms with van der Waals surface area (Å²) in [6, 6.07) is 18.6. The first-order chi connectivity index (χ1) is 16.9. The zero-order chi connectivity index (χ0) is 26.0. The molecule has 0 bridgehead atoms. The quantitative estimate of drug-likeness (QED) is 0.293. The molecule has 2 aromatic heterocycles. The summed E-state index contributed by atoms with van der Waals surface area (Å²) in [5.41, 5.74) is 5.57. The Kier molecular flexibility index (Phi) is 2.97. The Bertz CT molecular complexity index is 1610. The second kappa shape index (κ2) is 6.84. The lowest BCUT2D eigenvalue weighted by Crippen LogP contribution is -2.31. The normalized spacial score (nSPS) is 15.3. The van der Waals surface area contributed by atoms with Gasteiger partial charge in [0.15, 0.2) is 6.20 Å². The highest BCUT2D eigenvalue weighted by Gasteiger charge is 2.23. The molecule has 0 atom stereocenters. The molecule has 0 unspecified atom stereocenters. The first-order valence-electron chi connectivity index (χ1n) is 12.9. The lowest BCUT2D eigenvalue weighted by Gasteiger charge is -2.15. The number of hydrogen-bond donors (Lipinski definition) is 0. The van der Waals surface area contributed by atoms with Gasteiger partial charge in [0.2, 0.25) is 5.69 Å². The van der Waals surface area contributed by atoms with E-state index in [0.717, 1.165) is 38.8 Å². The Balaban J connectivity index is 1.91. The van der Waals surface area contributed by atoms with E-state index in [1.807, 2.05) is 73.3 Å². The van der Waals surface area contributed by atoms with E-state index in [2.05, 4.69) is 0 Å². The number of benzene rings is 3. The van der Waals surface area contributed by atoms with E-state index in [1.54, 1.807) is 19.1 Å². The van der Waals surface area contributed by atoms with Gasteiger partial charge in [-0.15, -0.1) is 0 Å². The molecular formula is C28H26NO+. The fourth-order valence-electron chi connectivity index (χ4n) is 4.35. The fraction of sp³-hybridized carbons (Fsp3) is 0.179. The van der Waals surface area contributed by atoms with Crippen LogP contribution in [-0.2, 0) is 7.05 Å². The molecular weight excluding hydrogens is 366 g/mol. The first kappa shape index (κ1) is 13.0. The number of hydrogen-bond acceptors (Lipinski definition) is 1. The van der Waals surface area contributed by atoms with Crippen molar-refractivity contribution in [2.45, 2.75) is 27.6 Å². The monoisotopic (exact) mass is 398 g/mol. The molecule has 0 N–H and O–H groups in total. The van der Waals surface area contributed by atoms with Gasteiger partial charge in [-0.3, -0.25) is 0 Å². The predicted molar refractivity (Wildman–Crippen MR) is 125 cm³/mol. The van der Waals surface area contributed by atoms with Crippen molar-refractivity contribution in [3.63, 3.8) is 0 Å². The van der Waals surface area contributed by atoms with Crippen LogP contribution in [0.4, 0.5) is 0 Å². The zero-order valence-corrected chi connectivity index (χ0v) is 17.2. The molecule has 0 aliphatic heterocycles. The van der Waals surface area contributed by atoms with E-state index >= 15 is 0 Å². The largest absolute Gasteiger partial charge is 0.456 e. The summed E-state index contributed by atoms with van der Waals surface area (Å²) >= 11 is 0. The molecule has 0 spiro atoms. The topological polar surface area (TPSA) is 17.0 Å². The van der Waals surface area contributed by atoms with Gasteiger partial charge in [0, 0.05) is 25.1 Å². The number of fused-ring (bicyclic) bond motifs is 3. The van der Waals surface area contributed by atoms with Crippen molar-refractivity contribution in [1.82, 2.24) is 0 Å². The molecule has 0 radical (unpaired) electrons. The van der Waals surface area contributed by atoms with Crippen LogP contribution in [-0.4, -0.2) is 0 Å². The summed E-state index contributed by atoms with van der Waals surface area (Å²) in [7, 11) is 1.88. The van der Waals surface area contributed by atoms with Crippen molar-refractivity contribution in [1.29, 1.82) is 0 Å². The minimum absolute atomic E-state index is 0.0357. The summed E-state index contributed by atoms with van der Waals surface area (Å²) in [6.45, 7) is -1.29. The molecule has 2 heterocycles. The van der Waals surface area contributed by atoms with E-state index in [4.69, 9.17) is 12.6 Å². The maximum absolute atomic E-state index is 8.24. The molecule has 0 saturated heterocycles. The number of aryl methyl sites for hydroxylation is 5. The molecule has 2 heteroatoms. The number of para-hydroxylation sites is 1. The van der Waals surface area contributed by atoms with Gasteiger partial charge in [-0.05, 0) is 74.1 Å². The van der Waals surface area contributed by atoms with Gasteiger partial charge in [-0.2, -0.15) is 0 Å². The Morgan fingerprint density at radius 2 is 1.53 bits per heavy atom. The number of furan rings is 1. The van der Waals surface area contributed by atoms with E-state index in [0.29, 0.717) is 11.1 Å². The molecule has 30 heavy (non-hydrogen) atoms. The van der Waals surface area contributed by atoms with Gasteiger partial charge in [-0.25, -0.2) is 4.57 Å². The van der Waals surface area contributed by atoms with Crippen molar-refractivity contribution >= 4 is 21.9 Å². The molecule has 2 nitrogen and oxygen atoms in total. The maximum atomic E-state index is 8.24. The molecule has 0 saturated carbocycles. The number of nitrogens with zero attached hydrogens (tertiary/aromatic N) is 1. The molecule has 5 rings (SSSR count). The third kappa shape index (κ3) is 2.83. The van der Waals surface area contributed by atoms with Crippen molar-refractivity contribution in [2.24, 2.45) is 7.05 Å². The van der Waals surface area contributed by atoms with Crippen LogP contribution in [0.2, 0.25) is 0 Å². The lowest BCUT2D eigenvalue weighted by molar-refractivity contribution is -0.660. The lowest BCUT2D eigenvalue weighted by atomic mass is 9.89. The second-order valence-electron chi connectivity index (χ2n) is 7.88. The molecule has 5 aromatic rings. The third-order valence-corrected chi connectivity index (χ3v) is 5.71. The van der Waals surface area contributed by atoms with Crippen LogP contribution in [0.3, 0.4) is 0 Å². The second-order valence-corrected chi connectivity index (χ2v) is 7.88. The predicted octanol–water partition coefficient (Wildman–Crippen LogP) is 6.98. The standard InChI is InChI=1S/C28H26NO/c1-17-13-19(3)27(20(4)14-17)22-10-8-12-29(5)28(22)23-16-24-21-9-6-7-11-25(21)30-26(24)15-18(23)2/h6-16H,1-5H3/q+1/i3D3,4D3. The Morgan fingerprint density at radius 3 is 2.30 bits per heavy atom. The smallest absolute Gasteiger partial charge is 0.220 e. The highest BCUT2D eigenvalue weighted by Crippen LogP contribution is 2.38. The van der Waals surface area contributed by atoms with Gasteiger partial charge in [0.05, 0.1) is 11.1 Å². The average molecular weight is 399 g/mol. The van der Waals surface area contributed by atoms with Gasteiger partial charge < -0.3 is 4.42 Å². The van der Waals surface area contributed by atoms with E-state index < -0.39 is 13.7 Å². The first-order valence-corrected chi connectivity index (χ1v) is 9.93. The van der Waals surface area contributed by atoms with Crippen LogP contribution >= 0.6 is 0 Å². The number of aromatic nitrogens is 1. The summed E-state index contributed by atoms with van der Waals surface area (Å²) in [4.78, 5) is 0. The minimum atomic E-state index is -2.49. The number of rotatable bonds is 2. The van der Waals surface area contributed by atoms with Crippen LogP contribution in [0, 0.1) is 27.6 Å². The fourth-order valence-corrected chi connectivity index (χ4v) is 4.35. The Hall–Kier alpha value is -3.39. The van der Waals surface area contributed by atoms with Crippen LogP contribution in [0.25, 0.3) is 44.3 Å². The third-order valence-electron chi connectivity index (χ3n) is 5.71. The molecule has 0 aliphatic rings. The molecule has 148 valence electrons. The summed E-state index contributed by atoms with van der Waals surface area (Å²) < 4.78 is 57.4. The molecule has 0 fully saturated rings. The summed E-state index contributed by atoms with van der Waals surface area (Å²) in [5, 5.41) is 1.92. The molecule has 0 aliphatic carbocycles. The highest BCUT2D eigenvalue weighted by atomic mass is 16.3. The SMILES string of the molecule is [2H]C([2H])([2H])c1cc(C)cc(C([2H])([2H])[2H])c1-c1ccc[n+](C)c1-c1cc2c(cc1C)oc1ccccc12. The van der Waals surface area contributed by atoms with Crippen molar-refractivity contribution in [3.8, 4) is 22.4 Å². The summed E-state index contributed by atoms with van der Waals surface area (Å²) in [5.74, 6) is 0. The van der Waals surface area contributed by atoms with Crippen LogP contribution in [0.15, 0.2) is 71.3 Å².